The van der Waals surface area contributed by atoms with E-state index in [1.54, 1.807) is 0 Å². The molecule has 0 aliphatic carbocycles. The van der Waals surface area contributed by atoms with Crippen LogP contribution in [0, 0.1) is 0 Å². The summed E-state index contributed by atoms with van der Waals surface area (Å²) < 4.78 is 25.8. The molecule has 0 amide bonds. The number of aliphatic imine (C=N–C) groups is 2. The van der Waals surface area contributed by atoms with Gasteiger partial charge < -0.3 is 0 Å². The van der Waals surface area contributed by atoms with E-state index >= 15 is 0 Å². The number of isocyanates is 2. The predicted octanol–water partition coefficient (Wildman–Crippen LogP) is 2.24. The fourth-order valence-electron chi connectivity index (χ4n) is 1.20. The normalized spacial score (nSPS) is 10.4. The Labute approximate surface area is 92.5 Å². The Kier molecular flexibility index (Phi) is 8.12. The lowest BCUT2D eigenvalue weighted by molar-refractivity contribution is 0.000226. The summed E-state index contributed by atoms with van der Waals surface area (Å²) in [5, 5.41) is 0. The summed E-state index contributed by atoms with van der Waals surface area (Å²) in [5.41, 5.74) is 0. The molecule has 0 N–H and O–H groups in total. The maximum atomic E-state index is 12.9. The molecule has 16 heavy (non-hydrogen) atoms. The van der Waals surface area contributed by atoms with Gasteiger partial charge in [-0.2, -0.15) is 4.99 Å². The smallest absolute Gasteiger partial charge is 0.211 e. The minimum atomic E-state index is -2.92. The average Bonchev–Trinajstić information content (AvgIpc) is 2.25. The maximum absolute atomic E-state index is 12.9. The molecule has 0 spiro atoms. The number of halogens is 2. The Morgan fingerprint density at radius 2 is 1.56 bits per heavy atom. The van der Waals surface area contributed by atoms with Gasteiger partial charge in [-0.1, -0.05) is 12.8 Å². The van der Waals surface area contributed by atoms with Crippen molar-refractivity contribution in [3.05, 3.63) is 0 Å². The van der Waals surface area contributed by atoms with Crippen molar-refractivity contribution >= 4 is 12.2 Å². The lowest BCUT2D eigenvalue weighted by Crippen LogP contribution is -2.19. The quantitative estimate of drug-likeness (QED) is 0.348. The highest BCUT2D eigenvalue weighted by molar-refractivity contribution is 5.33. The summed E-state index contributed by atoms with van der Waals surface area (Å²) in [6.45, 7) is -0.388. The van der Waals surface area contributed by atoms with Crippen LogP contribution in [0.5, 0.6) is 0 Å². The third kappa shape index (κ3) is 9.19. The molecule has 0 aromatic carbocycles. The summed E-state index contributed by atoms with van der Waals surface area (Å²) >= 11 is 0. The Morgan fingerprint density at radius 1 is 0.938 bits per heavy atom. The summed E-state index contributed by atoms with van der Waals surface area (Å²) in [7, 11) is 0. The first-order chi connectivity index (χ1) is 7.62. The van der Waals surface area contributed by atoms with E-state index in [-0.39, 0.29) is 6.42 Å². The Hall–Kier alpha value is -1.38. The summed E-state index contributed by atoms with van der Waals surface area (Å²) in [6, 6.07) is 0. The van der Waals surface area contributed by atoms with Crippen molar-refractivity contribution < 1.29 is 18.4 Å². The second-order valence-corrected chi connectivity index (χ2v) is 3.40. The molecule has 0 radical (unpaired) electrons. The highest BCUT2D eigenvalue weighted by atomic mass is 19.3. The molecule has 0 unspecified atom stereocenters. The zero-order valence-electron chi connectivity index (χ0n) is 8.92. The van der Waals surface area contributed by atoms with E-state index in [9.17, 15) is 18.4 Å². The maximum Gasteiger partial charge on any atom is 0.268 e. The van der Waals surface area contributed by atoms with Crippen LogP contribution in [0.4, 0.5) is 8.78 Å². The average molecular weight is 232 g/mol. The Morgan fingerprint density at radius 3 is 2.19 bits per heavy atom. The van der Waals surface area contributed by atoms with Gasteiger partial charge in [-0.3, -0.25) is 0 Å². The second kappa shape index (κ2) is 8.89. The van der Waals surface area contributed by atoms with Crippen molar-refractivity contribution in [2.24, 2.45) is 9.98 Å². The van der Waals surface area contributed by atoms with Crippen LogP contribution >= 0.6 is 0 Å². The summed E-state index contributed by atoms with van der Waals surface area (Å²) in [4.78, 5) is 25.6. The molecule has 0 atom stereocenters. The second-order valence-electron chi connectivity index (χ2n) is 3.40. The zero-order chi connectivity index (χ0) is 12.3. The van der Waals surface area contributed by atoms with Crippen LogP contribution in [-0.2, 0) is 9.59 Å². The molecule has 0 saturated heterocycles. The predicted molar refractivity (Wildman–Crippen MR) is 54.0 cm³/mol. The molecule has 6 heteroatoms. The van der Waals surface area contributed by atoms with Crippen molar-refractivity contribution in [2.45, 2.75) is 38.0 Å². The first-order valence-corrected chi connectivity index (χ1v) is 5.07. The van der Waals surface area contributed by atoms with Gasteiger partial charge in [0.1, 0.15) is 6.54 Å². The number of alkyl halides is 2. The van der Waals surface area contributed by atoms with Gasteiger partial charge in [0.15, 0.2) is 0 Å². The summed E-state index contributed by atoms with van der Waals surface area (Å²) in [5.74, 6) is -2.92. The molecular weight excluding hydrogens is 218 g/mol. The van der Waals surface area contributed by atoms with E-state index in [4.69, 9.17) is 0 Å². The van der Waals surface area contributed by atoms with Gasteiger partial charge in [-0.05, 0) is 12.8 Å². The van der Waals surface area contributed by atoms with Crippen molar-refractivity contribution in [3.63, 3.8) is 0 Å². The molecule has 0 aliphatic rings. The van der Waals surface area contributed by atoms with Crippen molar-refractivity contribution in [2.75, 3.05) is 13.1 Å². The van der Waals surface area contributed by atoms with E-state index in [2.05, 4.69) is 9.98 Å². The molecule has 0 bridgehead atoms. The minimum absolute atomic E-state index is 0.283. The van der Waals surface area contributed by atoms with Gasteiger partial charge in [0.25, 0.3) is 5.92 Å². The van der Waals surface area contributed by atoms with Crippen molar-refractivity contribution in [3.8, 4) is 0 Å². The first-order valence-electron chi connectivity index (χ1n) is 5.07. The van der Waals surface area contributed by atoms with Crippen LogP contribution in [0.15, 0.2) is 9.98 Å². The summed E-state index contributed by atoms with van der Waals surface area (Å²) in [6.07, 6.45) is 4.69. The van der Waals surface area contributed by atoms with Crippen molar-refractivity contribution in [1.82, 2.24) is 0 Å². The number of unbranched alkanes of at least 4 members (excludes halogenated alkanes) is 3. The number of hydrogen-bond donors (Lipinski definition) is 0. The molecule has 0 saturated carbocycles. The van der Waals surface area contributed by atoms with Crippen molar-refractivity contribution in [1.29, 1.82) is 0 Å². The van der Waals surface area contributed by atoms with E-state index in [1.807, 2.05) is 0 Å². The van der Waals surface area contributed by atoms with Gasteiger partial charge in [0.05, 0.1) is 6.54 Å². The van der Waals surface area contributed by atoms with E-state index in [0.717, 1.165) is 12.5 Å². The van der Waals surface area contributed by atoms with Gasteiger partial charge in [-0.15, -0.1) is 0 Å². The highest BCUT2D eigenvalue weighted by Crippen LogP contribution is 2.22. The van der Waals surface area contributed by atoms with Gasteiger partial charge in [0.2, 0.25) is 12.2 Å². The lowest BCUT2D eigenvalue weighted by Gasteiger charge is -2.12. The number of rotatable bonds is 9. The van der Waals surface area contributed by atoms with Crippen LogP contribution < -0.4 is 0 Å². The largest absolute Gasteiger partial charge is 0.268 e. The fraction of sp³-hybridized carbons (Fsp3) is 0.800. The number of hydrogen-bond acceptors (Lipinski definition) is 4. The Balaban J connectivity index is 3.49. The molecule has 0 rings (SSSR count). The third-order valence-corrected chi connectivity index (χ3v) is 2.00. The SMILES string of the molecule is O=C=NCCCCCCC(F)(F)CN=C=O. The van der Waals surface area contributed by atoms with Crippen LogP contribution in [0.3, 0.4) is 0 Å². The van der Waals surface area contributed by atoms with Crippen LogP contribution in [0.25, 0.3) is 0 Å². The highest BCUT2D eigenvalue weighted by Gasteiger charge is 2.27. The molecule has 90 valence electrons. The molecule has 0 fully saturated rings. The monoisotopic (exact) mass is 232 g/mol. The molecule has 0 aromatic heterocycles. The third-order valence-electron chi connectivity index (χ3n) is 2.00. The number of nitrogens with zero attached hydrogens (tertiary/aromatic N) is 2. The topological polar surface area (TPSA) is 58.9 Å². The Bertz CT molecular complexity index is 283. The first kappa shape index (κ1) is 14.6. The zero-order valence-corrected chi connectivity index (χ0v) is 8.92. The van der Waals surface area contributed by atoms with E-state index in [0.29, 0.717) is 25.8 Å². The molecule has 0 aromatic rings. The van der Waals surface area contributed by atoms with Gasteiger partial charge in [-0.25, -0.2) is 23.4 Å². The standard InChI is InChI=1S/C10H14F2N2O2/c11-10(12,7-14-9-16)5-3-1-2-4-6-13-8-15/h1-7H2. The number of carbonyl (C=O) groups excluding carboxylic acids is 2. The van der Waals surface area contributed by atoms with Crippen LogP contribution in [0.2, 0.25) is 0 Å². The van der Waals surface area contributed by atoms with E-state index < -0.39 is 12.5 Å². The van der Waals surface area contributed by atoms with Gasteiger partial charge in [0, 0.05) is 6.42 Å². The van der Waals surface area contributed by atoms with Gasteiger partial charge >= 0.3 is 0 Å². The fourth-order valence-corrected chi connectivity index (χ4v) is 1.20. The molecule has 0 heterocycles. The molecular formula is C10H14F2N2O2. The van der Waals surface area contributed by atoms with E-state index in [1.165, 1.54) is 6.08 Å². The molecule has 0 aliphatic heterocycles. The minimum Gasteiger partial charge on any atom is -0.211 e. The lowest BCUT2D eigenvalue weighted by atomic mass is 10.1. The molecule has 4 nitrogen and oxygen atoms in total. The van der Waals surface area contributed by atoms with Crippen LogP contribution in [0.1, 0.15) is 32.1 Å². The van der Waals surface area contributed by atoms with Crippen LogP contribution in [-0.4, -0.2) is 31.2 Å².